The zero-order valence-corrected chi connectivity index (χ0v) is 11.7. The molecule has 1 aliphatic rings. The highest BCUT2D eigenvalue weighted by atomic mass is 32.2. The minimum Gasteiger partial charge on any atom is -0.331 e. The molecule has 0 unspecified atom stereocenters. The van der Waals surface area contributed by atoms with Crippen LogP contribution in [0.4, 0.5) is 0 Å². The molecule has 0 bridgehead atoms. The summed E-state index contributed by atoms with van der Waals surface area (Å²) in [5.74, 6) is 3.57. The highest BCUT2D eigenvalue weighted by molar-refractivity contribution is 7.99. The van der Waals surface area contributed by atoms with Gasteiger partial charge in [0.05, 0.1) is 12.0 Å². The second-order valence-electron chi connectivity index (χ2n) is 5.07. The van der Waals surface area contributed by atoms with Gasteiger partial charge in [-0.05, 0) is 50.7 Å². The number of imidazole rings is 1. The second-order valence-corrected chi connectivity index (χ2v) is 6.30. The van der Waals surface area contributed by atoms with Crippen LogP contribution in [0.3, 0.4) is 0 Å². The summed E-state index contributed by atoms with van der Waals surface area (Å²) in [5, 5.41) is 3.58. The van der Waals surface area contributed by atoms with Crippen LogP contribution >= 0.6 is 11.8 Å². The van der Waals surface area contributed by atoms with Crippen LogP contribution in [0.2, 0.25) is 0 Å². The van der Waals surface area contributed by atoms with Crippen LogP contribution in [0.15, 0.2) is 12.5 Å². The highest BCUT2D eigenvalue weighted by Crippen LogP contribution is 2.21. The first-order valence-electron chi connectivity index (χ1n) is 6.56. The minimum atomic E-state index is 0.500. The Hall–Kier alpha value is -0.480. The lowest BCUT2D eigenvalue weighted by Gasteiger charge is -2.21. The van der Waals surface area contributed by atoms with Gasteiger partial charge in [0.2, 0.25) is 0 Å². The lowest BCUT2D eigenvalue weighted by atomic mass is 10.0. The standard InChI is InChI=1S/C13H23N3S/c1-11(2)16-10-15-9-13(16)8-14-7-12-3-5-17-6-4-12/h9-12,14H,3-8H2,1-2H3. The molecular weight excluding hydrogens is 230 g/mol. The predicted octanol–water partition coefficient (Wildman–Crippen LogP) is 2.70. The molecule has 96 valence electrons. The van der Waals surface area contributed by atoms with E-state index < -0.39 is 0 Å². The summed E-state index contributed by atoms with van der Waals surface area (Å²) < 4.78 is 2.24. The SMILES string of the molecule is CC(C)n1cncc1CNCC1CCSCC1. The molecular formula is C13H23N3S. The first kappa shape index (κ1) is 13.0. The lowest BCUT2D eigenvalue weighted by molar-refractivity contribution is 0.440. The zero-order chi connectivity index (χ0) is 12.1. The molecule has 0 amide bonds. The molecule has 1 saturated heterocycles. The van der Waals surface area contributed by atoms with Gasteiger partial charge in [-0.1, -0.05) is 0 Å². The van der Waals surface area contributed by atoms with Crippen molar-refractivity contribution < 1.29 is 0 Å². The molecule has 1 aliphatic heterocycles. The average molecular weight is 253 g/mol. The molecule has 17 heavy (non-hydrogen) atoms. The van der Waals surface area contributed by atoms with Crippen molar-refractivity contribution in [2.45, 2.75) is 39.3 Å². The minimum absolute atomic E-state index is 0.500. The molecule has 1 aromatic heterocycles. The van der Waals surface area contributed by atoms with Gasteiger partial charge < -0.3 is 9.88 Å². The van der Waals surface area contributed by atoms with Gasteiger partial charge in [-0.3, -0.25) is 0 Å². The van der Waals surface area contributed by atoms with Crippen molar-refractivity contribution in [1.29, 1.82) is 0 Å². The van der Waals surface area contributed by atoms with Gasteiger partial charge in [0, 0.05) is 18.8 Å². The largest absolute Gasteiger partial charge is 0.331 e. The van der Waals surface area contributed by atoms with E-state index >= 15 is 0 Å². The number of rotatable bonds is 5. The van der Waals surface area contributed by atoms with Crippen LogP contribution in [-0.4, -0.2) is 27.6 Å². The monoisotopic (exact) mass is 253 g/mol. The van der Waals surface area contributed by atoms with Gasteiger partial charge in [0.25, 0.3) is 0 Å². The number of nitrogens with one attached hydrogen (secondary N) is 1. The molecule has 2 rings (SSSR count). The van der Waals surface area contributed by atoms with E-state index in [-0.39, 0.29) is 0 Å². The Morgan fingerprint density at radius 2 is 2.24 bits per heavy atom. The fourth-order valence-electron chi connectivity index (χ4n) is 2.29. The quantitative estimate of drug-likeness (QED) is 0.875. The summed E-state index contributed by atoms with van der Waals surface area (Å²) >= 11 is 2.09. The maximum atomic E-state index is 4.23. The number of aromatic nitrogens is 2. The zero-order valence-electron chi connectivity index (χ0n) is 10.9. The molecule has 0 aromatic carbocycles. The van der Waals surface area contributed by atoms with Crippen LogP contribution in [0.5, 0.6) is 0 Å². The first-order valence-corrected chi connectivity index (χ1v) is 7.72. The summed E-state index contributed by atoms with van der Waals surface area (Å²) in [4.78, 5) is 4.23. The molecule has 0 aliphatic carbocycles. The van der Waals surface area contributed by atoms with E-state index in [4.69, 9.17) is 0 Å². The van der Waals surface area contributed by atoms with Gasteiger partial charge in [0.1, 0.15) is 0 Å². The van der Waals surface area contributed by atoms with Gasteiger partial charge in [0.15, 0.2) is 0 Å². The third-order valence-corrected chi connectivity index (χ3v) is 4.43. The molecule has 0 spiro atoms. The second kappa shape index (κ2) is 6.45. The van der Waals surface area contributed by atoms with Gasteiger partial charge in [-0.2, -0.15) is 11.8 Å². The predicted molar refractivity (Wildman–Crippen MR) is 74.4 cm³/mol. The number of hydrogen-bond donors (Lipinski definition) is 1. The Kier molecular flexibility index (Phi) is 4.92. The van der Waals surface area contributed by atoms with Crippen LogP contribution < -0.4 is 5.32 Å². The molecule has 4 heteroatoms. The molecule has 2 heterocycles. The van der Waals surface area contributed by atoms with E-state index in [0.717, 1.165) is 19.0 Å². The summed E-state index contributed by atoms with van der Waals surface area (Å²) in [6, 6.07) is 0.500. The maximum absolute atomic E-state index is 4.23. The summed E-state index contributed by atoms with van der Waals surface area (Å²) in [6.07, 6.45) is 6.66. The maximum Gasteiger partial charge on any atom is 0.0951 e. The summed E-state index contributed by atoms with van der Waals surface area (Å²) in [6.45, 7) is 6.50. The van der Waals surface area contributed by atoms with Crippen LogP contribution in [-0.2, 0) is 6.54 Å². The Morgan fingerprint density at radius 1 is 1.47 bits per heavy atom. The van der Waals surface area contributed by atoms with Crippen molar-refractivity contribution in [2.24, 2.45) is 5.92 Å². The molecule has 0 radical (unpaired) electrons. The van der Waals surface area contributed by atoms with E-state index in [0.29, 0.717) is 6.04 Å². The third-order valence-electron chi connectivity index (χ3n) is 3.38. The highest BCUT2D eigenvalue weighted by Gasteiger charge is 2.13. The molecule has 1 fully saturated rings. The van der Waals surface area contributed by atoms with Crippen LogP contribution in [0.1, 0.15) is 38.4 Å². The van der Waals surface area contributed by atoms with E-state index in [2.05, 4.69) is 40.5 Å². The van der Waals surface area contributed by atoms with Crippen LogP contribution in [0.25, 0.3) is 0 Å². The van der Waals surface area contributed by atoms with Crippen molar-refractivity contribution in [3.8, 4) is 0 Å². The van der Waals surface area contributed by atoms with Crippen molar-refractivity contribution in [3.63, 3.8) is 0 Å². The number of nitrogens with zero attached hydrogens (tertiary/aromatic N) is 2. The number of hydrogen-bond acceptors (Lipinski definition) is 3. The normalized spacial score (nSPS) is 17.8. The molecule has 1 aromatic rings. The lowest BCUT2D eigenvalue weighted by Crippen LogP contribution is -2.26. The Morgan fingerprint density at radius 3 is 2.94 bits per heavy atom. The molecule has 0 atom stereocenters. The Labute approximate surface area is 108 Å². The van der Waals surface area contributed by atoms with Gasteiger partial charge in [-0.25, -0.2) is 4.98 Å². The Balaban J connectivity index is 1.75. The fraction of sp³-hybridized carbons (Fsp3) is 0.769. The van der Waals surface area contributed by atoms with E-state index in [1.807, 2.05) is 12.5 Å². The van der Waals surface area contributed by atoms with Crippen molar-refractivity contribution in [2.75, 3.05) is 18.1 Å². The van der Waals surface area contributed by atoms with Crippen molar-refractivity contribution >= 4 is 11.8 Å². The van der Waals surface area contributed by atoms with E-state index in [1.54, 1.807) is 0 Å². The Bertz CT molecular complexity index is 329. The summed E-state index contributed by atoms with van der Waals surface area (Å²) in [5.41, 5.74) is 1.30. The van der Waals surface area contributed by atoms with E-state index in [1.165, 1.54) is 30.0 Å². The first-order chi connectivity index (χ1) is 8.27. The third kappa shape index (κ3) is 3.75. The molecule has 3 nitrogen and oxygen atoms in total. The van der Waals surface area contributed by atoms with Gasteiger partial charge in [-0.15, -0.1) is 0 Å². The number of thioether (sulfide) groups is 1. The van der Waals surface area contributed by atoms with E-state index in [9.17, 15) is 0 Å². The topological polar surface area (TPSA) is 29.9 Å². The molecule has 0 saturated carbocycles. The van der Waals surface area contributed by atoms with Gasteiger partial charge >= 0.3 is 0 Å². The summed E-state index contributed by atoms with van der Waals surface area (Å²) in [7, 11) is 0. The van der Waals surface area contributed by atoms with Crippen molar-refractivity contribution in [3.05, 3.63) is 18.2 Å². The molecule has 1 N–H and O–H groups in total. The fourth-order valence-corrected chi connectivity index (χ4v) is 3.49. The van der Waals surface area contributed by atoms with Crippen LogP contribution in [0, 0.1) is 5.92 Å². The van der Waals surface area contributed by atoms with Crippen molar-refractivity contribution in [1.82, 2.24) is 14.9 Å². The average Bonchev–Trinajstić information content (AvgIpc) is 2.79. The smallest absolute Gasteiger partial charge is 0.0951 e.